The highest BCUT2D eigenvalue weighted by Gasteiger charge is 2.32. The van der Waals surface area contributed by atoms with Crippen LogP contribution in [0.2, 0.25) is 0 Å². The number of rotatable bonds is 3. The number of piperazine rings is 1. The molecule has 1 heterocycles. The van der Waals surface area contributed by atoms with Gasteiger partial charge in [-0.15, -0.1) is 0 Å². The Morgan fingerprint density at radius 1 is 0.952 bits per heavy atom. The molecule has 0 atom stereocenters. The van der Waals surface area contributed by atoms with Gasteiger partial charge in [0.1, 0.15) is 0 Å². The largest absolute Gasteiger partial charge is 0.276 e. The topological polar surface area (TPSA) is 101 Å². The van der Waals surface area contributed by atoms with Crippen molar-refractivity contribution in [3.8, 4) is 0 Å². The van der Waals surface area contributed by atoms with Crippen LogP contribution in [0.4, 0.5) is 0 Å². The van der Waals surface area contributed by atoms with Crippen molar-refractivity contribution in [2.75, 3.05) is 26.2 Å². The van der Waals surface area contributed by atoms with Crippen molar-refractivity contribution in [2.45, 2.75) is 18.7 Å². The first kappa shape index (κ1) is 16.4. The highest BCUT2D eigenvalue weighted by Crippen LogP contribution is 2.22. The van der Waals surface area contributed by atoms with E-state index >= 15 is 0 Å². The van der Waals surface area contributed by atoms with Crippen molar-refractivity contribution in [1.29, 1.82) is 0 Å². The lowest BCUT2D eigenvalue weighted by molar-refractivity contribution is 0.273. The van der Waals surface area contributed by atoms with Gasteiger partial charge in [0.15, 0.2) is 0 Å². The van der Waals surface area contributed by atoms with Crippen LogP contribution in [-0.4, -0.2) is 51.6 Å². The highest BCUT2D eigenvalue weighted by atomic mass is 32.2. The standard InChI is InChI=1S/C12H19N3O4S2/c1-10-3-4-12(11(2)9-10)20(16,17)14-5-7-15(8-6-14)21(13,18)19/h3-4,9H,5-8H2,1-2H3,(H2,13,18,19). The fourth-order valence-corrected chi connectivity index (χ4v) is 4.69. The zero-order valence-electron chi connectivity index (χ0n) is 12.0. The van der Waals surface area contributed by atoms with Crippen LogP contribution in [0.15, 0.2) is 23.1 Å². The minimum absolute atomic E-state index is 0.0724. The van der Waals surface area contributed by atoms with E-state index in [0.29, 0.717) is 5.56 Å². The van der Waals surface area contributed by atoms with Crippen LogP contribution in [0.1, 0.15) is 11.1 Å². The molecule has 0 spiro atoms. The Labute approximate surface area is 125 Å². The summed E-state index contributed by atoms with van der Waals surface area (Å²) in [6.45, 7) is 4.00. The van der Waals surface area contributed by atoms with Gasteiger partial charge in [0.05, 0.1) is 4.90 Å². The Kier molecular flexibility index (Phi) is 4.41. The molecule has 118 valence electrons. The predicted octanol–water partition coefficient (Wildman–Crippen LogP) is -0.187. The van der Waals surface area contributed by atoms with Crippen molar-refractivity contribution >= 4 is 20.2 Å². The Hall–Kier alpha value is -1.00. The van der Waals surface area contributed by atoms with Gasteiger partial charge < -0.3 is 0 Å². The minimum Gasteiger partial charge on any atom is -0.216 e. The molecule has 0 saturated carbocycles. The zero-order chi connectivity index (χ0) is 15.8. The van der Waals surface area contributed by atoms with E-state index in [2.05, 4.69) is 0 Å². The third kappa shape index (κ3) is 3.43. The fourth-order valence-electron chi connectivity index (χ4n) is 2.39. The molecule has 2 rings (SSSR count). The molecule has 1 aliphatic rings. The number of nitrogens with zero attached hydrogens (tertiary/aromatic N) is 2. The maximum absolute atomic E-state index is 12.6. The molecule has 9 heteroatoms. The Morgan fingerprint density at radius 2 is 1.48 bits per heavy atom. The second kappa shape index (κ2) is 5.65. The summed E-state index contributed by atoms with van der Waals surface area (Å²) < 4.78 is 50.1. The van der Waals surface area contributed by atoms with E-state index < -0.39 is 20.2 Å². The Bertz CT molecular complexity index is 736. The summed E-state index contributed by atoms with van der Waals surface area (Å²) >= 11 is 0. The number of nitrogens with two attached hydrogens (primary N) is 1. The molecule has 0 amide bonds. The van der Waals surface area contributed by atoms with Crippen LogP contribution in [0.5, 0.6) is 0 Å². The predicted molar refractivity (Wildman–Crippen MR) is 79.4 cm³/mol. The van der Waals surface area contributed by atoms with Gasteiger partial charge in [-0.2, -0.15) is 17.0 Å². The van der Waals surface area contributed by atoms with E-state index in [1.165, 1.54) is 4.31 Å². The lowest BCUT2D eigenvalue weighted by Gasteiger charge is -2.32. The van der Waals surface area contributed by atoms with Gasteiger partial charge in [0.2, 0.25) is 10.0 Å². The molecule has 7 nitrogen and oxygen atoms in total. The lowest BCUT2D eigenvalue weighted by atomic mass is 10.2. The Balaban J connectivity index is 2.23. The van der Waals surface area contributed by atoms with E-state index in [1.54, 1.807) is 19.1 Å². The van der Waals surface area contributed by atoms with Crippen molar-refractivity contribution in [3.63, 3.8) is 0 Å². The zero-order valence-corrected chi connectivity index (χ0v) is 13.6. The number of aryl methyl sites for hydroxylation is 2. The summed E-state index contributed by atoms with van der Waals surface area (Å²) in [5.41, 5.74) is 1.68. The van der Waals surface area contributed by atoms with E-state index in [0.717, 1.165) is 9.87 Å². The van der Waals surface area contributed by atoms with E-state index in [4.69, 9.17) is 5.14 Å². The second-order valence-electron chi connectivity index (χ2n) is 5.12. The summed E-state index contributed by atoms with van der Waals surface area (Å²) in [6.07, 6.45) is 0. The summed E-state index contributed by atoms with van der Waals surface area (Å²) in [7, 11) is -7.37. The highest BCUT2D eigenvalue weighted by molar-refractivity contribution is 7.89. The van der Waals surface area contributed by atoms with Crippen LogP contribution in [0.3, 0.4) is 0 Å². The van der Waals surface area contributed by atoms with Gasteiger partial charge in [-0.05, 0) is 25.5 Å². The molecule has 0 aromatic heterocycles. The van der Waals surface area contributed by atoms with Crippen LogP contribution >= 0.6 is 0 Å². The molecule has 1 aromatic carbocycles. The van der Waals surface area contributed by atoms with E-state index in [9.17, 15) is 16.8 Å². The van der Waals surface area contributed by atoms with Crippen LogP contribution in [0.25, 0.3) is 0 Å². The fraction of sp³-hybridized carbons (Fsp3) is 0.500. The maximum atomic E-state index is 12.6. The van der Waals surface area contributed by atoms with Crippen LogP contribution in [-0.2, 0) is 20.2 Å². The van der Waals surface area contributed by atoms with Crippen molar-refractivity contribution in [2.24, 2.45) is 5.14 Å². The third-order valence-electron chi connectivity index (χ3n) is 3.51. The molecule has 0 radical (unpaired) electrons. The van der Waals surface area contributed by atoms with Crippen LogP contribution < -0.4 is 5.14 Å². The number of hydrogen-bond acceptors (Lipinski definition) is 4. The van der Waals surface area contributed by atoms with E-state index in [-0.39, 0.29) is 31.1 Å². The molecule has 1 saturated heterocycles. The number of sulfonamides is 1. The van der Waals surface area contributed by atoms with E-state index in [1.807, 2.05) is 13.0 Å². The molecular formula is C12H19N3O4S2. The summed E-state index contributed by atoms with van der Waals surface area (Å²) in [5.74, 6) is 0. The van der Waals surface area contributed by atoms with Gasteiger partial charge in [0.25, 0.3) is 10.2 Å². The maximum Gasteiger partial charge on any atom is 0.276 e. The second-order valence-corrected chi connectivity index (χ2v) is 8.57. The summed E-state index contributed by atoms with van der Waals surface area (Å²) in [6, 6.07) is 5.15. The monoisotopic (exact) mass is 333 g/mol. The molecule has 1 fully saturated rings. The first-order valence-electron chi connectivity index (χ1n) is 6.47. The van der Waals surface area contributed by atoms with Gasteiger partial charge in [-0.3, -0.25) is 0 Å². The van der Waals surface area contributed by atoms with Crippen molar-refractivity contribution in [1.82, 2.24) is 8.61 Å². The smallest absolute Gasteiger partial charge is 0.216 e. The Morgan fingerprint density at radius 3 is 1.95 bits per heavy atom. The molecule has 1 aliphatic heterocycles. The molecule has 0 bridgehead atoms. The SMILES string of the molecule is Cc1ccc(S(=O)(=O)N2CCN(S(N)(=O)=O)CC2)c(C)c1. The lowest BCUT2D eigenvalue weighted by Crippen LogP contribution is -2.52. The summed E-state index contributed by atoms with van der Waals surface area (Å²) in [5, 5.41) is 5.05. The third-order valence-corrected chi connectivity index (χ3v) is 6.65. The molecule has 21 heavy (non-hydrogen) atoms. The molecular weight excluding hydrogens is 314 g/mol. The minimum atomic E-state index is -3.76. The van der Waals surface area contributed by atoms with Gasteiger partial charge in [-0.1, -0.05) is 17.7 Å². The number of benzene rings is 1. The first-order valence-corrected chi connectivity index (χ1v) is 9.42. The normalized spacial score (nSPS) is 18.8. The average molecular weight is 333 g/mol. The molecule has 0 aliphatic carbocycles. The molecule has 2 N–H and O–H groups in total. The molecule has 0 unspecified atom stereocenters. The van der Waals surface area contributed by atoms with Gasteiger partial charge in [-0.25, -0.2) is 13.6 Å². The summed E-state index contributed by atoms with van der Waals surface area (Å²) in [4.78, 5) is 0.261. The number of hydrogen-bond donors (Lipinski definition) is 1. The van der Waals surface area contributed by atoms with Crippen molar-refractivity contribution < 1.29 is 16.8 Å². The van der Waals surface area contributed by atoms with Crippen LogP contribution in [0, 0.1) is 13.8 Å². The van der Waals surface area contributed by atoms with Gasteiger partial charge in [0, 0.05) is 26.2 Å². The van der Waals surface area contributed by atoms with Crippen molar-refractivity contribution in [3.05, 3.63) is 29.3 Å². The van der Waals surface area contributed by atoms with Gasteiger partial charge >= 0.3 is 0 Å². The first-order chi connectivity index (χ1) is 9.62. The molecule has 1 aromatic rings. The average Bonchev–Trinajstić information content (AvgIpc) is 2.37. The quantitative estimate of drug-likeness (QED) is 0.828.